The molecule has 0 spiro atoms. The fraction of sp³-hybridized carbons (Fsp3) is 0.682. The first-order chi connectivity index (χ1) is 13.3. The van der Waals surface area contributed by atoms with Gasteiger partial charge in [0.1, 0.15) is 0 Å². The van der Waals surface area contributed by atoms with E-state index in [0.717, 1.165) is 28.7 Å². The first-order valence-corrected chi connectivity index (χ1v) is 10.6. The summed E-state index contributed by atoms with van der Waals surface area (Å²) in [5.41, 5.74) is -0.165. The van der Waals surface area contributed by atoms with Crippen molar-refractivity contribution < 1.29 is 4.79 Å². The normalized spacial score (nSPS) is 32.0. The Kier molecular flexibility index (Phi) is 4.84. The maximum absolute atomic E-state index is 12.7. The van der Waals surface area contributed by atoms with Crippen LogP contribution in [0.3, 0.4) is 0 Å². The van der Waals surface area contributed by atoms with Crippen LogP contribution in [-0.4, -0.2) is 21.1 Å². The van der Waals surface area contributed by atoms with Crippen LogP contribution in [0.4, 0.5) is 0 Å². The molecule has 4 aliphatic carbocycles. The average Bonchev–Trinajstić information content (AvgIpc) is 2.65. The van der Waals surface area contributed by atoms with E-state index in [1.54, 1.807) is 7.05 Å². The zero-order valence-electron chi connectivity index (χ0n) is 17.1. The second kappa shape index (κ2) is 7.05. The topological polar surface area (TPSA) is 73.1 Å². The van der Waals surface area contributed by atoms with Gasteiger partial charge in [-0.2, -0.15) is 0 Å². The lowest BCUT2D eigenvalue weighted by molar-refractivity contribution is -0.122. The van der Waals surface area contributed by atoms with Crippen molar-refractivity contribution in [3.63, 3.8) is 0 Å². The number of amides is 1. The zero-order valence-corrected chi connectivity index (χ0v) is 17.1. The standard InChI is InChI=1S/C22H31N3O3/c1-4-18(22-10-14-7-15(11-22)9-16(8-14)12-22)23-19(26)6-5-17-13-24(2)21(28)25(3)20(17)27/h5-6,13-16,18H,4,7-12H2,1-3H3,(H,23,26)/b6-5+/t14?,15?,16?,18-,22?/m1/s1. The molecule has 0 aromatic carbocycles. The van der Waals surface area contributed by atoms with Gasteiger partial charge in [0.05, 0.1) is 5.56 Å². The lowest BCUT2D eigenvalue weighted by atomic mass is 9.47. The van der Waals surface area contributed by atoms with Gasteiger partial charge in [0.15, 0.2) is 0 Å². The minimum atomic E-state index is -0.389. The van der Waals surface area contributed by atoms with Gasteiger partial charge in [0.2, 0.25) is 5.91 Å². The van der Waals surface area contributed by atoms with E-state index in [0.29, 0.717) is 5.56 Å². The number of aryl methyl sites for hydroxylation is 1. The first kappa shape index (κ1) is 19.2. The smallest absolute Gasteiger partial charge is 0.330 e. The fourth-order valence-corrected chi connectivity index (χ4v) is 6.63. The van der Waals surface area contributed by atoms with Crippen molar-refractivity contribution in [2.24, 2.45) is 37.3 Å². The Morgan fingerprint density at radius 1 is 1.18 bits per heavy atom. The molecule has 1 aromatic rings. The van der Waals surface area contributed by atoms with Gasteiger partial charge >= 0.3 is 5.69 Å². The number of carbonyl (C=O) groups excluding carboxylic acids is 1. The Morgan fingerprint density at radius 3 is 2.29 bits per heavy atom. The van der Waals surface area contributed by atoms with Gasteiger partial charge in [-0.05, 0) is 74.2 Å². The van der Waals surface area contributed by atoms with E-state index in [1.165, 1.54) is 68.5 Å². The third-order valence-electron chi connectivity index (χ3n) is 7.44. The molecule has 5 rings (SSSR count). The number of nitrogens with one attached hydrogen (secondary N) is 1. The summed E-state index contributed by atoms with van der Waals surface area (Å²) in [6.07, 6.45) is 13.3. The molecular formula is C22H31N3O3. The molecule has 4 aliphatic rings. The molecule has 1 amide bonds. The second-order valence-corrected chi connectivity index (χ2v) is 9.42. The highest BCUT2D eigenvalue weighted by molar-refractivity contribution is 5.91. The van der Waals surface area contributed by atoms with E-state index in [1.807, 2.05) is 0 Å². The van der Waals surface area contributed by atoms with E-state index >= 15 is 0 Å². The van der Waals surface area contributed by atoms with Gasteiger partial charge in [0.25, 0.3) is 5.56 Å². The predicted octanol–water partition coefficient (Wildman–Crippen LogP) is 2.21. The Hall–Kier alpha value is -2.11. The minimum Gasteiger partial charge on any atom is -0.349 e. The number of rotatable bonds is 5. The number of carbonyl (C=O) groups is 1. The molecule has 152 valence electrons. The molecule has 6 heteroatoms. The maximum atomic E-state index is 12.7. The van der Waals surface area contributed by atoms with Gasteiger partial charge in [0, 0.05) is 32.4 Å². The molecule has 1 atom stereocenters. The summed E-state index contributed by atoms with van der Waals surface area (Å²) in [4.78, 5) is 36.7. The molecule has 0 aliphatic heterocycles. The van der Waals surface area contributed by atoms with Crippen molar-refractivity contribution in [1.29, 1.82) is 0 Å². The van der Waals surface area contributed by atoms with Crippen LogP contribution < -0.4 is 16.6 Å². The molecular weight excluding hydrogens is 354 g/mol. The van der Waals surface area contributed by atoms with Crippen LogP contribution in [0.25, 0.3) is 6.08 Å². The van der Waals surface area contributed by atoms with Crippen LogP contribution >= 0.6 is 0 Å². The third kappa shape index (κ3) is 3.27. The quantitative estimate of drug-likeness (QED) is 0.790. The predicted molar refractivity (Wildman–Crippen MR) is 109 cm³/mol. The summed E-state index contributed by atoms with van der Waals surface area (Å²) in [6.45, 7) is 2.16. The Bertz CT molecular complexity index is 889. The van der Waals surface area contributed by atoms with Crippen molar-refractivity contribution in [2.45, 2.75) is 57.9 Å². The van der Waals surface area contributed by atoms with Crippen molar-refractivity contribution in [3.05, 3.63) is 38.7 Å². The van der Waals surface area contributed by atoms with Crippen molar-refractivity contribution in [3.8, 4) is 0 Å². The largest absolute Gasteiger partial charge is 0.349 e. The van der Waals surface area contributed by atoms with Crippen LogP contribution in [0.5, 0.6) is 0 Å². The highest BCUT2D eigenvalue weighted by Gasteiger charge is 2.53. The van der Waals surface area contributed by atoms with Crippen molar-refractivity contribution in [1.82, 2.24) is 14.5 Å². The molecule has 6 nitrogen and oxygen atoms in total. The number of hydrogen-bond donors (Lipinski definition) is 1. The highest BCUT2D eigenvalue weighted by Crippen LogP contribution is 2.61. The molecule has 1 heterocycles. The molecule has 0 radical (unpaired) electrons. The molecule has 0 unspecified atom stereocenters. The van der Waals surface area contributed by atoms with Crippen molar-refractivity contribution >= 4 is 12.0 Å². The van der Waals surface area contributed by atoms with Crippen molar-refractivity contribution in [2.75, 3.05) is 0 Å². The zero-order chi connectivity index (χ0) is 20.1. The number of hydrogen-bond acceptors (Lipinski definition) is 3. The summed E-state index contributed by atoms with van der Waals surface area (Å²) < 4.78 is 2.41. The Balaban J connectivity index is 1.49. The van der Waals surface area contributed by atoms with Gasteiger partial charge < -0.3 is 9.88 Å². The fourth-order valence-electron chi connectivity index (χ4n) is 6.63. The first-order valence-electron chi connectivity index (χ1n) is 10.6. The molecule has 1 aromatic heterocycles. The third-order valence-corrected chi connectivity index (χ3v) is 7.44. The maximum Gasteiger partial charge on any atom is 0.330 e. The molecule has 4 bridgehead atoms. The summed E-state index contributed by atoms with van der Waals surface area (Å²) >= 11 is 0. The second-order valence-electron chi connectivity index (χ2n) is 9.42. The van der Waals surface area contributed by atoms with Crippen LogP contribution in [-0.2, 0) is 18.9 Å². The molecule has 4 saturated carbocycles. The van der Waals surface area contributed by atoms with E-state index < -0.39 is 0 Å². The van der Waals surface area contributed by atoms with Gasteiger partial charge in [-0.3, -0.25) is 14.2 Å². The summed E-state index contributed by atoms with van der Waals surface area (Å²) in [5, 5.41) is 3.25. The van der Waals surface area contributed by atoms with Crippen LogP contribution in [0, 0.1) is 23.2 Å². The molecule has 28 heavy (non-hydrogen) atoms. The van der Waals surface area contributed by atoms with E-state index in [-0.39, 0.29) is 28.6 Å². The molecule has 1 N–H and O–H groups in total. The molecule has 0 saturated heterocycles. The Morgan fingerprint density at radius 2 is 1.75 bits per heavy atom. The van der Waals surface area contributed by atoms with Gasteiger partial charge in [-0.25, -0.2) is 4.79 Å². The van der Waals surface area contributed by atoms with E-state index in [2.05, 4.69) is 12.2 Å². The Labute approximate surface area is 165 Å². The average molecular weight is 386 g/mol. The lowest BCUT2D eigenvalue weighted by Crippen LogP contribution is -2.56. The van der Waals surface area contributed by atoms with Crippen LogP contribution in [0.1, 0.15) is 57.4 Å². The van der Waals surface area contributed by atoms with Crippen LogP contribution in [0.2, 0.25) is 0 Å². The monoisotopic (exact) mass is 385 g/mol. The van der Waals surface area contributed by atoms with Gasteiger partial charge in [-0.1, -0.05) is 6.92 Å². The number of nitrogens with zero attached hydrogens (tertiary/aromatic N) is 2. The highest BCUT2D eigenvalue weighted by atomic mass is 16.2. The number of aromatic nitrogens is 2. The summed E-state index contributed by atoms with van der Waals surface area (Å²) in [5.74, 6) is 2.39. The van der Waals surface area contributed by atoms with Gasteiger partial charge in [-0.15, -0.1) is 0 Å². The van der Waals surface area contributed by atoms with Crippen LogP contribution in [0.15, 0.2) is 21.9 Å². The van der Waals surface area contributed by atoms with E-state index in [4.69, 9.17) is 0 Å². The summed E-state index contributed by atoms with van der Waals surface area (Å²) in [6, 6.07) is 0.195. The minimum absolute atomic E-state index is 0.154. The van der Waals surface area contributed by atoms with E-state index in [9.17, 15) is 14.4 Å². The molecule has 4 fully saturated rings. The lowest BCUT2D eigenvalue weighted by Gasteiger charge is -2.59. The summed E-state index contributed by atoms with van der Waals surface area (Å²) in [7, 11) is 3.04. The SMILES string of the molecule is CC[C@@H](NC(=O)/C=C/c1cn(C)c(=O)n(C)c1=O)C12CC3CC(CC(C3)C1)C2.